The molecule has 0 saturated carbocycles. The maximum absolute atomic E-state index is 12.6. The van der Waals surface area contributed by atoms with Gasteiger partial charge in [0.15, 0.2) is 0 Å². The van der Waals surface area contributed by atoms with E-state index >= 15 is 0 Å². The number of fused-ring (bicyclic) bond motifs is 1. The van der Waals surface area contributed by atoms with Crippen molar-refractivity contribution in [2.75, 3.05) is 5.32 Å². The van der Waals surface area contributed by atoms with Crippen molar-refractivity contribution in [3.8, 4) is 0 Å². The van der Waals surface area contributed by atoms with Gasteiger partial charge >= 0.3 is 0 Å². The lowest BCUT2D eigenvalue weighted by molar-refractivity contribution is -0.116. The van der Waals surface area contributed by atoms with Crippen LogP contribution in [0.5, 0.6) is 0 Å². The van der Waals surface area contributed by atoms with Gasteiger partial charge in [-0.15, -0.1) is 0 Å². The second-order valence-electron chi connectivity index (χ2n) is 5.75. The molecule has 24 heavy (non-hydrogen) atoms. The number of benzene rings is 1. The molecule has 0 saturated heterocycles. The van der Waals surface area contributed by atoms with Gasteiger partial charge in [-0.3, -0.25) is 4.79 Å². The number of nitrogens with one attached hydrogen (secondary N) is 2. The van der Waals surface area contributed by atoms with E-state index in [2.05, 4.69) is 26.0 Å². The largest absolute Gasteiger partial charge is 0.466 e. The Morgan fingerprint density at radius 3 is 2.67 bits per heavy atom. The van der Waals surface area contributed by atoms with Gasteiger partial charge in [-0.1, -0.05) is 0 Å². The molecule has 0 atom stereocenters. The Labute approximate surface area is 148 Å². The molecular formula is C16H17BrN2O4S. The first-order valence-electron chi connectivity index (χ1n) is 7.44. The Morgan fingerprint density at radius 2 is 2.00 bits per heavy atom. The lowest BCUT2D eigenvalue weighted by Gasteiger charge is -2.19. The quantitative estimate of drug-likeness (QED) is 0.807. The summed E-state index contributed by atoms with van der Waals surface area (Å²) < 4.78 is 33.7. The molecule has 0 bridgehead atoms. The normalized spacial score (nSPS) is 14.4. The van der Waals surface area contributed by atoms with Crippen LogP contribution in [0.2, 0.25) is 0 Å². The van der Waals surface area contributed by atoms with Crippen LogP contribution >= 0.6 is 15.9 Å². The molecule has 1 aromatic heterocycles. The number of furan rings is 1. The summed E-state index contributed by atoms with van der Waals surface area (Å²) in [6.45, 7) is 3.75. The van der Waals surface area contributed by atoms with E-state index in [1.54, 1.807) is 19.1 Å². The fourth-order valence-electron chi connectivity index (χ4n) is 2.69. The van der Waals surface area contributed by atoms with Crippen LogP contribution in [-0.2, 0) is 27.8 Å². The fourth-order valence-corrected chi connectivity index (χ4v) is 4.81. The summed E-state index contributed by atoms with van der Waals surface area (Å²) in [5.74, 6) is 1.32. The molecule has 6 nitrogen and oxygen atoms in total. The Morgan fingerprint density at radius 1 is 1.25 bits per heavy atom. The van der Waals surface area contributed by atoms with Crippen LogP contribution in [0.15, 0.2) is 32.0 Å². The summed E-state index contributed by atoms with van der Waals surface area (Å²) in [5.41, 5.74) is 2.25. The van der Waals surface area contributed by atoms with Crippen molar-refractivity contribution in [3.63, 3.8) is 0 Å². The van der Waals surface area contributed by atoms with E-state index in [0.717, 1.165) is 16.9 Å². The van der Waals surface area contributed by atoms with Crippen LogP contribution in [0.4, 0.5) is 5.69 Å². The van der Waals surface area contributed by atoms with E-state index in [0.29, 0.717) is 28.8 Å². The topological polar surface area (TPSA) is 88.4 Å². The van der Waals surface area contributed by atoms with Gasteiger partial charge in [0.25, 0.3) is 0 Å². The summed E-state index contributed by atoms with van der Waals surface area (Å²) in [6.07, 6.45) is 1.00. The molecule has 1 aromatic carbocycles. The predicted octanol–water partition coefficient (Wildman–Crippen LogP) is 3.02. The number of sulfonamides is 1. The molecule has 0 aliphatic carbocycles. The van der Waals surface area contributed by atoms with Crippen molar-refractivity contribution in [2.45, 2.75) is 38.1 Å². The first-order chi connectivity index (χ1) is 11.3. The number of halogens is 1. The number of aryl methyl sites for hydroxylation is 3. The Hall–Kier alpha value is -1.64. The SMILES string of the molecule is Cc1cc(CNS(=O)(=O)c2cc3c(cc2Br)CCC(=O)N3)c(C)o1. The van der Waals surface area contributed by atoms with Gasteiger partial charge in [0, 0.05) is 28.7 Å². The van der Waals surface area contributed by atoms with Crippen molar-refractivity contribution in [2.24, 2.45) is 0 Å². The van der Waals surface area contributed by atoms with E-state index in [1.165, 1.54) is 6.07 Å². The molecule has 0 unspecified atom stereocenters. The van der Waals surface area contributed by atoms with E-state index in [1.807, 2.05) is 6.92 Å². The summed E-state index contributed by atoms with van der Waals surface area (Å²) >= 11 is 3.32. The molecule has 2 N–H and O–H groups in total. The molecule has 2 aromatic rings. The van der Waals surface area contributed by atoms with E-state index in [4.69, 9.17) is 4.42 Å². The molecule has 3 rings (SSSR count). The predicted molar refractivity (Wildman–Crippen MR) is 93.3 cm³/mol. The average molecular weight is 413 g/mol. The van der Waals surface area contributed by atoms with Crippen LogP contribution in [0.25, 0.3) is 0 Å². The third-order valence-corrected chi connectivity index (χ3v) is 6.30. The third-order valence-electron chi connectivity index (χ3n) is 3.94. The summed E-state index contributed by atoms with van der Waals surface area (Å²) in [6, 6.07) is 5.04. The molecule has 1 aliphatic rings. The molecule has 8 heteroatoms. The van der Waals surface area contributed by atoms with Gasteiger partial charge in [-0.25, -0.2) is 13.1 Å². The molecule has 1 aliphatic heterocycles. The van der Waals surface area contributed by atoms with Gasteiger partial charge in [0.05, 0.1) is 4.90 Å². The molecule has 128 valence electrons. The zero-order chi connectivity index (χ0) is 17.5. The number of hydrogen-bond donors (Lipinski definition) is 2. The fraction of sp³-hybridized carbons (Fsp3) is 0.312. The van der Waals surface area contributed by atoms with Crippen LogP contribution in [0.3, 0.4) is 0 Å². The van der Waals surface area contributed by atoms with Crippen LogP contribution in [0.1, 0.15) is 29.1 Å². The summed E-state index contributed by atoms with van der Waals surface area (Å²) in [5, 5.41) is 2.72. The lowest BCUT2D eigenvalue weighted by atomic mass is 10.0. The average Bonchev–Trinajstić information content (AvgIpc) is 2.83. The van der Waals surface area contributed by atoms with Gasteiger partial charge in [-0.2, -0.15) is 0 Å². The van der Waals surface area contributed by atoms with Gasteiger partial charge < -0.3 is 9.73 Å². The number of amides is 1. The van der Waals surface area contributed by atoms with Crippen molar-refractivity contribution >= 4 is 37.5 Å². The zero-order valence-corrected chi connectivity index (χ0v) is 15.7. The van der Waals surface area contributed by atoms with Crippen molar-refractivity contribution in [1.29, 1.82) is 0 Å². The molecule has 0 radical (unpaired) electrons. The van der Waals surface area contributed by atoms with Gasteiger partial charge in [0.2, 0.25) is 15.9 Å². The molecule has 0 fully saturated rings. The number of carbonyl (C=O) groups is 1. The second-order valence-corrected chi connectivity index (χ2v) is 8.34. The van der Waals surface area contributed by atoms with Crippen molar-refractivity contribution in [3.05, 3.63) is 45.3 Å². The highest BCUT2D eigenvalue weighted by atomic mass is 79.9. The molecule has 1 amide bonds. The molecule has 2 heterocycles. The number of hydrogen-bond acceptors (Lipinski definition) is 4. The standard InChI is InChI=1S/C16H17BrN2O4S/c1-9-5-12(10(2)23-9)8-18-24(21,22)15-7-14-11(6-13(15)17)3-4-16(20)19-14/h5-7,18H,3-4,8H2,1-2H3,(H,19,20). The minimum absolute atomic E-state index is 0.0984. The molecular weight excluding hydrogens is 396 g/mol. The van der Waals surface area contributed by atoms with Crippen molar-refractivity contribution in [1.82, 2.24) is 4.72 Å². The zero-order valence-electron chi connectivity index (χ0n) is 13.3. The number of anilines is 1. The van der Waals surface area contributed by atoms with Crippen molar-refractivity contribution < 1.29 is 17.6 Å². The van der Waals surface area contributed by atoms with Gasteiger partial charge in [-0.05, 0) is 60.0 Å². The molecule has 0 spiro atoms. The summed E-state index contributed by atoms with van der Waals surface area (Å²) in [4.78, 5) is 11.6. The maximum Gasteiger partial charge on any atom is 0.242 e. The Balaban J connectivity index is 1.88. The van der Waals surface area contributed by atoms with E-state index in [-0.39, 0.29) is 17.3 Å². The monoisotopic (exact) mass is 412 g/mol. The highest BCUT2D eigenvalue weighted by Gasteiger charge is 2.23. The van der Waals surface area contributed by atoms with Crippen LogP contribution in [0, 0.1) is 13.8 Å². The minimum Gasteiger partial charge on any atom is -0.466 e. The number of carbonyl (C=O) groups excluding carboxylic acids is 1. The van der Waals surface area contributed by atoms with E-state index < -0.39 is 10.0 Å². The summed E-state index contributed by atoms with van der Waals surface area (Å²) in [7, 11) is -3.74. The lowest BCUT2D eigenvalue weighted by Crippen LogP contribution is -2.25. The maximum atomic E-state index is 12.6. The van der Waals surface area contributed by atoms with Crippen LogP contribution in [-0.4, -0.2) is 14.3 Å². The Kier molecular flexibility index (Phi) is 4.54. The third kappa shape index (κ3) is 3.40. The highest BCUT2D eigenvalue weighted by molar-refractivity contribution is 9.10. The first kappa shape index (κ1) is 17.2. The minimum atomic E-state index is -3.74. The second kappa shape index (κ2) is 6.34. The van der Waals surface area contributed by atoms with Crippen LogP contribution < -0.4 is 10.0 Å². The smallest absolute Gasteiger partial charge is 0.242 e. The Bertz CT molecular complexity index is 918. The first-order valence-corrected chi connectivity index (χ1v) is 9.72. The highest BCUT2D eigenvalue weighted by Crippen LogP contribution is 2.32. The number of rotatable bonds is 4. The van der Waals surface area contributed by atoms with Gasteiger partial charge in [0.1, 0.15) is 11.5 Å². The van der Waals surface area contributed by atoms with E-state index in [9.17, 15) is 13.2 Å².